The molecule has 3 heteroatoms. The summed E-state index contributed by atoms with van der Waals surface area (Å²) < 4.78 is 5.33. The average Bonchev–Trinajstić information content (AvgIpc) is 2.33. The molecular weight excluding hydrogens is 250 g/mol. The van der Waals surface area contributed by atoms with Crippen molar-refractivity contribution in [1.29, 1.82) is 0 Å². The van der Waals surface area contributed by atoms with Crippen LogP contribution < -0.4 is 0 Å². The normalized spacial score (nSPS) is 29.4. The Hall–Kier alpha value is -1.25. The number of fused-ring (bicyclic) bond motifs is 1. The molecule has 0 aromatic rings. The van der Waals surface area contributed by atoms with Crippen molar-refractivity contribution >= 4 is 5.97 Å². The van der Waals surface area contributed by atoms with Crippen LogP contribution in [0.5, 0.6) is 0 Å². The Balaban J connectivity index is 2.20. The number of carbonyl (C=O) groups excluding carboxylic acids is 1. The second-order valence-corrected chi connectivity index (χ2v) is 6.89. The van der Waals surface area contributed by atoms with Crippen LogP contribution in [-0.4, -0.2) is 29.1 Å². The monoisotopic (exact) mass is 277 g/mol. The highest BCUT2D eigenvalue weighted by molar-refractivity contribution is 5.66. The molecule has 0 spiro atoms. The third kappa shape index (κ3) is 3.08. The number of carbonyl (C=O) groups is 1. The first-order valence-corrected chi connectivity index (χ1v) is 7.63. The molecule has 1 heterocycles. The maximum Gasteiger partial charge on any atom is 0.302 e. The van der Waals surface area contributed by atoms with Crippen LogP contribution in [0.3, 0.4) is 0 Å². The van der Waals surface area contributed by atoms with Crippen LogP contribution in [0.2, 0.25) is 0 Å². The lowest BCUT2D eigenvalue weighted by molar-refractivity contribution is -0.147. The number of allylic oxidation sites excluding steroid dienone is 4. The summed E-state index contributed by atoms with van der Waals surface area (Å²) in [6.45, 7) is 11.2. The number of ether oxygens (including phenoxy) is 1. The van der Waals surface area contributed by atoms with Gasteiger partial charge < -0.3 is 9.64 Å². The minimum absolute atomic E-state index is 0.0763. The molecule has 20 heavy (non-hydrogen) atoms. The number of hydrogen-bond donors (Lipinski definition) is 0. The largest absolute Gasteiger partial charge is 0.461 e. The van der Waals surface area contributed by atoms with Gasteiger partial charge >= 0.3 is 5.97 Å². The van der Waals surface area contributed by atoms with E-state index < -0.39 is 0 Å². The number of hydrogen-bond acceptors (Lipinski definition) is 3. The van der Waals surface area contributed by atoms with Gasteiger partial charge in [-0.25, -0.2) is 0 Å². The molecule has 112 valence electrons. The Bertz CT molecular complexity index is 436. The van der Waals surface area contributed by atoms with Gasteiger partial charge in [0.1, 0.15) is 6.10 Å². The molecule has 1 aliphatic heterocycles. The molecule has 3 unspecified atom stereocenters. The summed E-state index contributed by atoms with van der Waals surface area (Å²) in [6.07, 6.45) is 8.89. The zero-order valence-corrected chi connectivity index (χ0v) is 13.3. The van der Waals surface area contributed by atoms with Crippen molar-refractivity contribution in [1.82, 2.24) is 4.90 Å². The van der Waals surface area contributed by atoms with Crippen molar-refractivity contribution in [3.8, 4) is 0 Å². The molecule has 0 aromatic carbocycles. The maximum atomic E-state index is 11.1. The molecule has 0 N–H and O–H groups in total. The topological polar surface area (TPSA) is 29.5 Å². The zero-order valence-electron chi connectivity index (χ0n) is 13.3. The summed E-state index contributed by atoms with van der Waals surface area (Å²) in [5.74, 6) is 1.11. The van der Waals surface area contributed by atoms with E-state index in [4.69, 9.17) is 4.74 Å². The van der Waals surface area contributed by atoms with Crippen molar-refractivity contribution < 1.29 is 9.53 Å². The van der Waals surface area contributed by atoms with Crippen LogP contribution in [0, 0.1) is 11.8 Å². The van der Waals surface area contributed by atoms with Crippen LogP contribution in [0.4, 0.5) is 0 Å². The smallest absolute Gasteiger partial charge is 0.302 e. The minimum Gasteiger partial charge on any atom is -0.461 e. The van der Waals surface area contributed by atoms with Gasteiger partial charge in [-0.3, -0.25) is 4.79 Å². The van der Waals surface area contributed by atoms with E-state index in [0.29, 0.717) is 11.8 Å². The third-order valence-corrected chi connectivity index (χ3v) is 4.53. The van der Waals surface area contributed by atoms with Gasteiger partial charge in [-0.2, -0.15) is 0 Å². The molecule has 1 aliphatic carbocycles. The molecule has 0 aromatic heterocycles. The lowest BCUT2D eigenvalue weighted by Crippen LogP contribution is -2.54. The summed E-state index contributed by atoms with van der Waals surface area (Å²) in [5, 5.41) is 0. The number of piperidine rings is 1. The standard InChI is InChI=1S/C17H27NO2/c1-12-10-17(4,5)18(11-13(2)20-14(3)19)16-9-7-6-8-15(12)16/h6-7,9,12-13,15H,8,10-11H2,1-5H3. The van der Waals surface area contributed by atoms with E-state index >= 15 is 0 Å². The van der Waals surface area contributed by atoms with Gasteiger partial charge in [-0.05, 0) is 45.6 Å². The summed E-state index contributed by atoms with van der Waals surface area (Å²) >= 11 is 0. The van der Waals surface area contributed by atoms with Crippen molar-refractivity contribution in [3.63, 3.8) is 0 Å². The minimum atomic E-state index is -0.199. The fourth-order valence-corrected chi connectivity index (χ4v) is 3.77. The van der Waals surface area contributed by atoms with Gasteiger partial charge in [0.2, 0.25) is 0 Å². The van der Waals surface area contributed by atoms with Crippen molar-refractivity contribution in [2.45, 2.75) is 59.1 Å². The summed E-state index contributed by atoms with van der Waals surface area (Å²) in [5.41, 5.74) is 1.52. The molecule has 0 saturated carbocycles. The predicted molar refractivity (Wildman–Crippen MR) is 81.1 cm³/mol. The average molecular weight is 277 g/mol. The summed E-state index contributed by atoms with van der Waals surface area (Å²) in [4.78, 5) is 13.6. The molecule has 2 aliphatic rings. The quantitative estimate of drug-likeness (QED) is 0.739. The van der Waals surface area contributed by atoms with Crippen molar-refractivity contribution in [3.05, 3.63) is 23.9 Å². The van der Waals surface area contributed by atoms with E-state index in [1.165, 1.54) is 19.0 Å². The second kappa shape index (κ2) is 5.63. The summed E-state index contributed by atoms with van der Waals surface area (Å²) in [6, 6.07) is 0. The Labute approximate surface area is 122 Å². The first kappa shape index (κ1) is 15.1. The number of esters is 1. The first-order valence-electron chi connectivity index (χ1n) is 7.63. The van der Waals surface area contributed by atoms with E-state index in [2.05, 4.69) is 43.9 Å². The molecular formula is C17H27NO2. The fraction of sp³-hybridized carbons (Fsp3) is 0.706. The van der Waals surface area contributed by atoms with Crippen molar-refractivity contribution in [2.75, 3.05) is 6.54 Å². The highest BCUT2D eigenvalue weighted by Crippen LogP contribution is 2.44. The molecule has 3 nitrogen and oxygen atoms in total. The van der Waals surface area contributed by atoms with Crippen LogP contribution in [-0.2, 0) is 9.53 Å². The fourth-order valence-electron chi connectivity index (χ4n) is 3.77. The Kier molecular flexibility index (Phi) is 4.26. The molecule has 1 fully saturated rings. The summed E-state index contributed by atoms with van der Waals surface area (Å²) in [7, 11) is 0. The van der Waals surface area contributed by atoms with E-state index in [0.717, 1.165) is 13.0 Å². The number of likely N-dealkylation sites (tertiary alicyclic amines) is 1. The van der Waals surface area contributed by atoms with Gasteiger partial charge in [-0.15, -0.1) is 0 Å². The van der Waals surface area contributed by atoms with Crippen molar-refractivity contribution in [2.24, 2.45) is 11.8 Å². The van der Waals surface area contributed by atoms with E-state index in [1.807, 2.05) is 6.92 Å². The number of nitrogens with zero attached hydrogens (tertiary/aromatic N) is 1. The highest BCUT2D eigenvalue weighted by Gasteiger charge is 2.41. The first-order chi connectivity index (χ1) is 9.31. The van der Waals surface area contributed by atoms with Crippen LogP contribution in [0.25, 0.3) is 0 Å². The van der Waals surface area contributed by atoms with E-state index in [1.54, 1.807) is 0 Å². The van der Waals surface area contributed by atoms with Gasteiger partial charge in [-0.1, -0.05) is 19.1 Å². The Morgan fingerprint density at radius 2 is 2.25 bits per heavy atom. The van der Waals surface area contributed by atoms with Crippen LogP contribution in [0.1, 0.15) is 47.5 Å². The lowest BCUT2D eigenvalue weighted by atomic mass is 9.72. The SMILES string of the molecule is CC(=O)OC(C)CN1C2=CC=CCC2C(C)CC1(C)C. The molecule has 0 amide bonds. The maximum absolute atomic E-state index is 11.1. The van der Waals surface area contributed by atoms with Crippen LogP contribution in [0.15, 0.2) is 23.9 Å². The van der Waals surface area contributed by atoms with Gasteiger partial charge in [0.05, 0.1) is 6.54 Å². The van der Waals surface area contributed by atoms with Gasteiger partial charge in [0.25, 0.3) is 0 Å². The zero-order chi connectivity index (χ0) is 14.9. The third-order valence-electron chi connectivity index (χ3n) is 4.53. The van der Waals surface area contributed by atoms with Crippen LogP contribution >= 0.6 is 0 Å². The lowest BCUT2D eigenvalue weighted by Gasteiger charge is -2.52. The molecule has 2 rings (SSSR count). The van der Waals surface area contributed by atoms with E-state index in [-0.39, 0.29) is 17.6 Å². The Morgan fingerprint density at radius 1 is 1.55 bits per heavy atom. The van der Waals surface area contributed by atoms with Gasteiger partial charge in [0.15, 0.2) is 0 Å². The second-order valence-electron chi connectivity index (χ2n) is 6.89. The Morgan fingerprint density at radius 3 is 2.90 bits per heavy atom. The van der Waals surface area contributed by atoms with Gasteiger partial charge in [0, 0.05) is 24.1 Å². The molecule has 1 saturated heterocycles. The molecule has 0 bridgehead atoms. The molecule has 0 radical (unpaired) electrons. The molecule has 3 atom stereocenters. The van der Waals surface area contributed by atoms with E-state index in [9.17, 15) is 4.79 Å². The highest BCUT2D eigenvalue weighted by atomic mass is 16.5. The number of rotatable bonds is 3. The predicted octanol–water partition coefficient (Wildman–Crippen LogP) is 3.52.